The molecule has 0 fully saturated rings. The molecule has 1 heterocycles. The highest BCUT2D eigenvalue weighted by Crippen LogP contribution is 2.27. The molecule has 0 amide bonds. The molecule has 1 N–H and O–H groups in total. The van der Waals surface area contributed by atoms with Crippen molar-refractivity contribution < 1.29 is 13.3 Å². The van der Waals surface area contributed by atoms with Crippen LogP contribution in [0.4, 0.5) is 11.6 Å². The molecule has 0 spiro atoms. The molecule has 0 saturated carbocycles. The SMILES string of the molecule is O=[N+]([O-])c1ccc(Cl)c(S(=O)(=O)Nc2nccc(Cl)n2)c1. The first-order chi connectivity index (χ1) is 9.79. The molecular weight excluding hydrogens is 343 g/mol. The average Bonchev–Trinajstić information content (AvgIpc) is 2.38. The molecule has 0 aliphatic carbocycles. The van der Waals surface area contributed by atoms with E-state index in [4.69, 9.17) is 23.2 Å². The van der Waals surface area contributed by atoms with Gasteiger partial charge in [-0.2, -0.15) is 0 Å². The number of non-ortho nitro benzene ring substituents is 1. The van der Waals surface area contributed by atoms with Crippen LogP contribution >= 0.6 is 23.2 Å². The summed E-state index contributed by atoms with van der Waals surface area (Å²) in [5.41, 5.74) is -0.410. The van der Waals surface area contributed by atoms with Crippen molar-refractivity contribution in [3.05, 3.63) is 50.8 Å². The lowest BCUT2D eigenvalue weighted by Gasteiger charge is -2.08. The third-order valence-electron chi connectivity index (χ3n) is 2.26. The fourth-order valence-corrected chi connectivity index (χ4v) is 2.98. The Kier molecular flexibility index (Phi) is 4.26. The van der Waals surface area contributed by atoms with Crippen molar-refractivity contribution in [3.63, 3.8) is 0 Å². The zero-order valence-electron chi connectivity index (χ0n) is 10.0. The molecular formula is C10H6Cl2N4O4S. The van der Waals surface area contributed by atoms with Gasteiger partial charge in [-0.25, -0.2) is 23.1 Å². The van der Waals surface area contributed by atoms with Crippen molar-refractivity contribution in [2.24, 2.45) is 0 Å². The largest absolute Gasteiger partial charge is 0.270 e. The van der Waals surface area contributed by atoms with E-state index in [1.54, 1.807) is 0 Å². The Balaban J connectivity index is 2.44. The van der Waals surface area contributed by atoms with Gasteiger partial charge in [0.25, 0.3) is 15.7 Å². The van der Waals surface area contributed by atoms with Crippen LogP contribution in [-0.4, -0.2) is 23.3 Å². The summed E-state index contributed by atoms with van der Waals surface area (Å²) >= 11 is 11.4. The number of aromatic nitrogens is 2. The minimum atomic E-state index is -4.19. The lowest BCUT2D eigenvalue weighted by molar-refractivity contribution is -0.385. The monoisotopic (exact) mass is 348 g/mol. The lowest BCUT2D eigenvalue weighted by Crippen LogP contribution is -2.15. The second kappa shape index (κ2) is 5.80. The molecule has 0 radical (unpaired) electrons. The molecule has 2 rings (SSSR count). The van der Waals surface area contributed by atoms with Crippen molar-refractivity contribution in [3.8, 4) is 0 Å². The fourth-order valence-electron chi connectivity index (χ4n) is 1.37. The van der Waals surface area contributed by atoms with Crippen LogP contribution in [0.3, 0.4) is 0 Å². The molecule has 1 aromatic heterocycles. The Bertz CT molecular complexity index is 812. The third-order valence-corrected chi connectivity index (χ3v) is 4.28. The molecule has 0 saturated heterocycles. The second-order valence-corrected chi connectivity index (χ2v) is 6.13. The van der Waals surface area contributed by atoms with Crippen molar-refractivity contribution >= 4 is 44.9 Å². The lowest BCUT2D eigenvalue weighted by atomic mass is 10.3. The number of sulfonamides is 1. The number of nitro groups is 1. The van der Waals surface area contributed by atoms with Crippen LogP contribution in [0.2, 0.25) is 10.2 Å². The predicted octanol–water partition coefficient (Wildman–Crippen LogP) is 2.49. The van der Waals surface area contributed by atoms with Crippen LogP contribution in [-0.2, 0) is 10.0 Å². The van der Waals surface area contributed by atoms with E-state index in [1.165, 1.54) is 12.3 Å². The third kappa shape index (κ3) is 3.57. The number of benzene rings is 1. The van der Waals surface area contributed by atoms with Gasteiger partial charge >= 0.3 is 0 Å². The van der Waals surface area contributed by atoms with Gasteiger partial charge in [0, 0.05) is 18.3 Å². The summed E-state index contributed by atoms with van der Waals surface area (Å²) in [6.07, 6.45) is 1.25. The highest BCUT2D eigenvalue weighted by molar-refractivity contribution is 7.92. The summed E-state index contributed by atoms with van der Waals surface area (Å²) in [5.74, 6) is -0.273. The van der Waals surface area contributed by atoms with Crippen LogP contribution < -0.4 is 4.72 Å². The smallest absolute Gasteiger partial charge is 0.258 e. The van der Waals surface area contributed by atoms with E-state index in [1.807, 2.05) is 4.72 Å². The van der Waals surface area contributed by atoms with Gasteiger partial charge in [-0.1, -0.05) is 23.2 Å². The zero-order chi connectivity index (χ0) is 15.6. The average molecular weight is 349 g/mol. The van der Waals surface area contributed by atoms with Gasteiger partial charge in [0.05, 0.1) is 9.95 Å². The number of anilines is 1. The maximum atomic E-state index is 12.2. The Hall–Kier alpha value is -1.97. The quantitative estimate of drug-likeness (QED) is 0.515. The summed E-state index contributed by atoms with van der Waals surface area (Å²) in [4.78, 5) is 16.8. The number of hydrogen-bond donors (Lipinski definition) is 1. The van der Waals surface area contributed by atoms with E-state index in [2.05, 4.69) is 9.97 Å². The van der Waals surface area contributed by atoms with Crippen LogP contribution in [0.15, 0.2) is 35.4 Å². The van der Waals surface area contributed by atoms with Crippen molar-refractivity contribution in [2.75, 3.05) is 4.72 Å². The number of nitrogens with zero attached hydrogens (tertiary/aromatic N) is 3. The standard InChI is InChI=1S/C10H6Cl2N4O4S/c11-7-2-1-6(16(17)18)5-8(7)21(19,20)15-10-13-4-3-9(12)14-10/h1-5H,(H,13,14,15). The molecule has 0 aliphatic heterocycles. The maximum Gasteiger partial charge on any atom is 0.270 e. The van der Waals surface area contributed by atoms with Crippen molar-refractivity contribution in [1.82, 2.24) is 9.97 Å². The van der Waals surface area contributed by atoms with E-state index >= 15 is 0 Å². The molecule has 0 unspecified atom stereocenters. The van der Waals surface area contributed by atoms with E-state index in [-0.39, 0.29) is 16.1 Å². The molecule has 1 aromatic carbocycles. The molecule has 0 aliphatic rings. The summed E-state index contributed by atoms with van der Waals surface area (Å²) < 4.78 is 26.4. The summed E-state index contributed by atoms with van der Waals surface area (Å²) in [7, 11) is -4.19. The van der Waals surface area contributed by atoms with Crippen LogP contribution in [0.1, 0.15) is 0 Å². The molecule has 11 heteroatoms. The van der Waals surface area contributed by atoms with Gasteiger partial charge in [-0.15, -0.1) is 0 Å². The Morgan fingerprint density at radius 3 is 2.57 bits per heavy atom. The van der Waals surface area contributed by atoms with Crippen LogP contribution in [0.25, 0.3) is 0 Å². The summed E-state index contributed by atoms with van der Waals surface area (Å²) in [6, 6.07) is 4.42. The Morgan fingerprint density at radius 1 is 1.24 bits per heavy atom. The summed E-state index contributed by atoms with van der Waals surface area (Å²) in [6.45, 7) is 0. The van der Waals surface area contributed by atoms with Gasteiger partial charge in [-0.05, 0) is 12.1 Å². The van der Waals surface area contributed by atoms with Gasteiger partial charge in [0.1, 0.15) is 10.0 Å². The first kappa shape index (κ1) is 15.4. The first-order valence-electron chi connectivity index (χ1n) is 5.25. The van der Waals surface area contributed by atoms with E-state index in [0.29, 0.717) is 0 Å². The van der Waals surface area contributed by atoms with E-state index in [0.717, 1.165) is 18.2 Å². The fraction of sp³-hybridized carbons (Fsp3) is 0. The molecule has 8 nitrogen and oxygen atoms in total. The van der Waals surface area contributed by atoms with E-state index in [9.17, 15) is 18.5 Å². The summed E-state index contributed by atoms with van der Waals surface area (Å²) in [5, 5.41) is 10.6. The van der Waals surface area contributed by atoms with Crippen LogP contribution in [0, 0.1) is 10.1 Å². The number of hydrogen-bond acceptors (Lipinski definition) is 6. The van der Waals surface area contributed by atoms with Gasteiger partial charge in [0.2, 0.25) is 5.95 Å². The molecule has 21 heavy (non-hydrogen) atoms. The van der Waals surface area contributed by atoms with Crippen LogP contribution in [0.5, 0.6) is 0 Å². The number of halogens is 2. The molecule has 0 bridgehead atoms. The molecule has 110 valence electrons. The normalized spacial score (nSPS) is 11.1. The van der Waals surface area contributed by atoms with Crippen molar-refractivity contribution in [1.29, 1.82) is 0 Å². The number of rotatable bonds is 4. The number of nitro benzene ring substituents is 1. The minimum absolute atomic E-state index is 0.0350. The van der Waals surface area contributed by atoms with Crippen molar-refractivity contribution in [2.45, 2.75) is 4.90 Å². The first-order valence-corrected chi connectivity index (χ1v) is 7.49. The van der Waals surface area contributed by atoms with Gasteiger partial charge in [0.15, 0.2) is 0 Å². The predicted molar refractivity (Wildman–Crippen MR) is 76.0 cm³/mol. The van der Waals surface area contributed by atoms with E-state index < -0.39 is 25.5 Å². The highest BCUT2D eigenvalue weighted by Gasteiger charge is 2.22. The second-order valence-electron chi connectivity index (χ2n) is 3.68. The maximum absolute atomic E-state index is 12.2. The Labute approximate surface area is 128 Å². The van der Waals surface area contributed by atoms with Gasteiger partial charge in [-0.3, -0.25) is 10.1 Å². The minimum Gasteiger partial charge on any atom is -0.258 e. The number of nitrogens with one attached hydrogen (secondary N) is 1. The molecule has 2 aromatic rings. The highest BCUT2D eigenvalue weighted by atomic mass is 35.5. The Morgan fingerprint density at radius 2 is 1.95 bits per heavy atom. The topological polar surface area (TPSA) is 115 Å². The van der Waals surface area contributed by atoms with Gasteiger partial charge < -0.3 is 0 Å². The zero-order valence-corrected chi connectivity index (χ0v) is 12.4. The molecule has 0 atom stereocenters.